The van der Waals surface area contributed by atoms with Crippen molar-refractivity contribution in [3.05, 3.63) is 64.3 Å². The van der Waals surface area contributed by atoms with E-state index < -0.39 is 17.8 Å². The van der Waals surface area contributed by atoms with Crippen LogP contribution in [0.1, 0.15) is 18.2 Å². The normalized spacial score (nSPS) is 13.9. The highest BCUT2D eigenvalue weighted by atomic mass is 19.4. The third kappa shape index (κ3) is 7.29. The summed E-state index contributed by atoms with van der Waals surface area (Å²) in [6, 6.07) is 7.34. The minimum absolute atomic E-state index is 0.0333. The van der Waals surface area contributed by atoms with Crippen molar-refractivity contribution in [2.24, 2.45) is 7.05 Å². The van der Waals surface area contributed by atoms with E-state index in [4.69, 9.17) is 4.74 Å². The van der Waals surface area contributed by atoms with Crippen molar-refractivity contribution in [1.29, 1.82) is 0 Å². The number of piperazine rings is 1. The first-order valence-electron chi connectivity index (χ1n) is 12.4. The fourth-order valence-corrected chi connectivity index (χ4v) is 4.03. The number of H-pyrrole nitrogens is 1. The quantitative estimate of drug-likeness (QED) is 0.451. The lowest BCUT2D eigenvalue weighted by atomic mass is 10.1. The molecule has 1 saturated heterocycles. The van der Waals surface area contributed by atoms with Crippen LogP contribution in [0.25, 0.3) is 11.4 Å². The molecule has 3 heterocycles. The maximum Gasteiger partial charge on any atom is 0.432 e. The molecule has 3 aromatic rings. The van der Waals surface area contributed by atoms with Crippen LogP contribution < -0.4 is 15.6 Å². The van der Waals surface area contributed by atoms with Gasteiger partial charge in [-0.3, -0.25) is 19.3 Å². The third-order valence-electron chi connectivity index (χ3n) is 6.27. The molecule has 4 rings (SSSR count). The number of rotatable bonds is 6. The number of benzene rings is 1. The first-order chi connectivity index (χ1) is 19.0. The predicted molar refractivity (Wildman–Crippen MR) is 140 cm³/mol. The number of amides is 2. The Morgan fingerprint density at radius 3 is 2.55 bits per heavy atom. The van der Waals surface area contributed by atoms with Crippen LogP contribution in [0, 0.1) is 11.8 Å². The SMILES string of the molecule is CC(=O)N1CCN(CCOc2ccc(-c3ncc(C(F)(F)F)[nH]3)cc2NC(=O)C#Cc2ccc(=O)n(C)c2)CC1. The number of nitrogens with one attached hydrogen (secondary N) is 2. The Hall–Kier alpha value is -4.57. The molecule has 1 aromatic carbocycles. The smallest absolute Gasteiger partial charge is 0.432 e. The molecule has 0 atom stereocenters. The van der Waals surface area contributed by atoms with Crippen LogP contribution in [0.3, 0.4) is 0 Å². The summed E-state index contributed by atoms with van der Waals surface area (Å²) in [5.74, 6) is 4.73. The Balaban J connectivity index is 1.50. The lowest BCUT2D eigenvalue weighted by Crippen LogP contribution is -2.48. The van der Waals surface area contributed by atoms with Gasteiger partial charge in [0.05, 0.1) is 11.9 Å². The molecule has 0 bridgehead atoms. The zero-order valence-electron chi connectivity index (χ0n) is 21.8. The van der Waals surface area contributed by atoms with E-state index >= 15 is 0 Å². The molecule has 210 valence electrons. The van der Waals surface area contributed by atoms with Gasteiger partial charge < -0.3 is 24.5 Å². The van der Waals surface area contributed by atoms with Crippen molar-refractivity contribution in [3.8, 4) is 29.0 Å². The Labute approximate surface area is 227 Å². The molecule has 2 amide bonds. The van der Waals surface area contributed by atoms with Crippen molar-refractivity contribution in [2.75, 3.05) is 44.6 Å². The number of ether oxygens (including phenoxy) is 1. The Morgan fingerprint density at radius 1 is 1.15 bits per heavy atom. The average Bonchev–Trinajstić information content (AvgIpc) is 3.42. The van der Waals surface area contributed by atoms with Gasteiger partial charge in [-0.2, -0.15) is 13.2 Å². The second-order valence-electron chi connectivity index (χ2n) is 9.12. The summed E-state index contributed by atoms with van der Waals surface area (Å²) < 4.78 is 46.4. The molecule has 2 aromatic heterocycles. The van der Waals surface area contributed by atoms with Crippen LogP contribution in [0.2, 0.25) is 0 Å². The Kier molecular flexibility index (Phi) is 8.59. The highest BCUT2D eigenvalue weighted by Crippen LogP contribution is 2.33. The third-order valence-corrected chi connectivity index (χ3v) is 6.27. The lowest BCUT2D eigenvalue weighted by Gasteiger charge is -2.34. The van der Waals surface area contributed by atoms with E-state index in [1.165, 1.54) is 48.0 Å². The summed E-state index contributed by atoms with van der Waals surface area (Å²) in [6.07, 6.45) is -2.40. The summed E-state index contributed by atoms with van der Waals surface area (Å²) in [4.78, 5) is 45.7. The molecule has 1 aliphatic rings. The topological polar surface area (TPSA) is 113 Å². The number of nitrogens with zero attached hydrogens (tertiary/aromatic N) is 4. The van der Waals surface area contributed by atoms with Gasteiger partial charge in [-0.25, -0.2) is 4.98 Å². The molecule has 40 heavy (non-hydrogen) atoms. The van der Waals surface area contributed by atoms with Crippen LogP contribution >= 0.6 is 0 Å². The summed E-state index contributed by atoms with van der Waals surface area (Å²) in [6.45, 7) is 5.03. The van der Waals surface area contributed by atoms with Gasteiger partial charge in [0, 0.05) is 76.0 Å². The zero-order valence-corrected chi connectivity index (χ0v) is 21.8. The number of alkyl halides is 3. The molecule has 13 heteroatoms. The number of pyridine rings is 1. The fraction of sp³-hybridized carbons (Fsp3) is 0.333. The van der Waals surface area contributed by atoms with Crippen LogP contribution in [0.5, 0.6) is 5.75 Å². The number of aromatic amines is 1. The summed E-state index contributed by atoms with van der Waals surface area (Å²) in [5, 5.41) is 2.63. The van der Waals surface area contributed by atoms with Gasteiger partial charge in [-0.1, -0.05) is 5.92 Å². The molecule has 1 aliphatic heterocycles. The number of imidazole rings is 1. The number of aryl methyl sites for hydroxylation is 1. The van der Waals surface area contributed by atoms with Gasteiger partial charge in [0.1, 0.15) is 23.9 Å². The van der Waals surface area contributed by atoms with E-state index in [1.807, 2.05) is 0 Å². The fourth-order valence-electron chi connectivity index (χ4n) is 4.03. The van der Waals surface area contributed by atoms with E-state index in [9.17, 15) is 27.6 Å². The van der Waals surface area contributed by atoms with E-state index in [1.54, 1.807) is 11.9 Å². The first-order valence-corrected chi connectivity index (χ1v) is 12.4. The maximum absolute atomic E-state index is 13.1. The monoisotopic (exact) mass is 556 g/mol. The Morgan fingerprint density at radius 2 is 1.90 bits per heavy atom. The highest BCUT2D eigenvalue weighted by molar-refractivity contribution is 6.05. The zero-order chi connectivity index (χ0) is 28.9. The van der Waals surface area contributed by atoms with Crippen LogP contribution in [-0.4, -0.2) is 75.5 Å². The van der Waals surface area contributed by atoms with Gasteiger partial charge in [0.2, 0.25) is 11.5 Å². The van der Waals surface area contributed by atoms with Gasteiger partial charge in [0.25, 0.3) is 0 Å². The second kappa shape index (κ2) is 12.1. The number of halogens is 3. The van der Waals surface area contributed by atoms with E-state index in [-0.39, 0.29) is 29.6 Å². The molecule has 0 aliphatic carbocycles. The number of anilines is 1. The van der Waals surface area contributed by atoms with Gasteiger partial charge in [-0.15, -0.1) is 0 Å². The first kappa shape index (κ1) is 28.4. The van der Waals surface area contributed by atoms with Crippen molar-refractivity contribution >= 4 is 17.5 Å². The summed E-state index contributed by atoms with van der Waals surface area (Å²) in [7, 11) is 1.56. The summed E-state index contributed by atoms with van der Waals surface area (Å²) in [5.41, 5.74) is -0.280. The van der Waals surface area contributed by atoms with E-state index in [0.717, 1.165) is 0 Å². The largest absolute Gasteiger partial charge is 0.490 e. The van der Waals surface area contributed by atoms with Crippen LogP contribution in [0.15, 0.2) is 47.5 Å². The number of carbonyl (C=O) groups excluding carboxylic acids is 2. The van der Waals surface area contributed by atoms with E-state index in [2.05, 4.69) is 32.0 Å². The molecule has 0 spiro atoms. The second-order valence-corrected chi connectivity index (χ2v) is 9.12. The van der Waals surface area contributed by atoms with Gasteiger partial charge >= 0.3 is 12.1 Å². The lowest BCUT2D eigenvalue weighted by molar-refractivity contribution is -0.140. The molecular formula is C27H27F3N6O4. The number of hydrogen-bond donors (Lipinski definition) is 2. The van der Waals surface area contributed by atoms with Crippen molar-refractivity contribution in [3.63, 3.8) is 0 Å². The predicted octanol–water partition coefficient (Wildman–Crippen LogP) is 2.33. The highest BCUT2D eigenvalue weighted by Gasteiger charge is 2.33. The minimum atomic E-state index is -4.59. The number of hydrogen-bond acceptors (Lipinski definition) is 6. The molecule has 0 radical (unpaired) electrons. The number of aromatic nitrogens is 3. The van der Waals surface area contributed by atoms with E-state index in [0.29, 0.717) is 55.8 Å². The standard InChI is InChI=1S/C27H27F3N6O4/c1-18(37)36-11-9-35(10-12-36)13-14-40-22-6-5-20(26-31-16-23(33-26)27(28,29)30)15-21(22)32-24(38)7-3-19-4-8-25(39)34(2)17-19/h4-6,8,15-17H,9-14H2,1-2H3,(H,31,33)(H,32,38). The molecule has 0 unspecified atom stereocenters. The Bertz CT molecular complexity index is 1510. The van der Waals surface area contributed by atoms with Crippen molar-refractivity contribution in [2.45, 2.75) is 13.1 Å². The van der Waals surface area contributed by atoms with Gasteiger partial charge in [-0.05, 0) is 24.3 Å². The van der Waals surface area contributed by atoms with Gasteiger partial charge in [0.15, 0.2) is 0 Å². The number of carbonyl (C=O) groups is 2. The molecule has 0 saturated carbocycles. The maximum atomic E-state index is 13.1. The van der Waals surface area contributed by atoms with Crippen LogP contribution in [0.4, 0.5) is 18.9 Å². The molecular weight excluding hydrogens is 529 g/mol. The van der Waals surface area contributed by atoms with Crippen LogP contribution in [-0.2, 0) is 22.8 Å². The van der Waals surface area contributed by atoms with Crippen molar-refractivity contribution < 1.29 is 27.5 Å². The van der Waals surface area contributed by atoms with Crippen molar-refractivity contribution in [1.82, 2.24) is 24.3 Å². The average molecular weight is 557 g/mol. The summed E-state index contributed by atoms with van der Waals surface area (Å²) >= 11 is 0. The molecule has 2 N–H and O–H groups in total. The minimum Gasteiger partial charge on any atom is -0.490 e. The molecule has 1 fully saturated rings. The molecule has 10 nitrogen and oxygen atoms in total.